The molecule has 0 heterocycles. The van der Waals surface area contributed by atoms with E-state index in [2.05, 4.69) is 0 Å². The Balaban J connectivity index is 2.12. The molecule has 0 saturated carbocycles. The standard InChI is InChI=1S/C12H19NO2/c1-10(13)11(2)14-8-9-15-12-6-4-3-5-7-12/h3-7,10-11H,8-9,13H2,1-2H3. The summed E-state index contributed by atoms with van der Waals surface area (Å²) in [7, 11) is 0. The molecule has 1 rings (SSSR count). The van der Waals surface area contributed by atoms with Gasteiger partial charge in [0.2, 0.25) is 0 Å². The summed E-state index contributed by atoms with van der Waals surface area (Å²) in [5, 5.41) is 0. The van der Waals surface area contributed by atoms with Gasteiger partial charge in [0, 0.05) is 6.04 Å². The SMILES string of the molecule is CC(N)C(C)OCCOc1ccccc1. The molecule has 0 amide bonds. The second kappa shape index (κ2) is 6.43. The number of para-hydroxylation sites is 1. The molecule has 0 fully saturated rings. The third-order valence-corrected chi connectivity index (χ3v) is 2.22. The molecule has 0 saturated heterocycles. The quantitative estimate of drug-likeness (QED) is 0.727. The van der Waals surface area contributed by atoms with Gasteiger partial charge in [-0.05, 0) is 26.0 Å². The predicted molar refractivity (Wildman–Crippen MR) is 61.0 cm³/mol. The highest BCUT2D eigenvalue weighted by molar-refractivity contribution is 5.20. The highest BCUT2D eigenvalue weighted by atomic mass is 16.5. The highest BCUT2D eigenvalue weighted by Crippen LogP contribution is 2.07. The van der Waals surface area contributed by atoms with Gasteiger partial charge in [0.1, 0.15) is 12.4 Å². The normalized spacial score (nSPS) is 14.6. The van der Waals surface area contributed by atoms with Gasteiger partial charge in [-0.2, -0.15) is 0 Å². The van der Waals surface area contributed by atoms with E-state index in [4.69, 9.17) is 15.2 Å². The lowest BCUT2D eigenvalue weighted by Crippen LogP contribution is -2.32. The lowest BCUT2D eigenvalue weighted by molar-refractivity contribution is 0.0332. The number of benzene rings is 1. The van der Waals surface area contributed by atoms with Crippen molar-refractivity contribution in [3.05, 3.63) is 30.3 Å². The van der Waals surface area contributed by atoms with Crippen LogP contribution in [-0.2, 0) is 4.74 Å². The van der Waals surface area contributed by atoms with Crippen LogP contribution in [0, 0.1) is 0 Å². The maximum absolute atomic E-state index is 5.66. The van der Waals surface area contributed by atoms with Crippen molar-refractivity contribution in [3.8, 4) is 5.75 Å². The minimum Gasteiger partial charge on any atom is -0.491 e. The van der Waals surface area contributed by atoms with Crippen LogP contribution >= 0.6 is 0 Å². The molecule has 0 aromatic heterocycles. The second-order valence-electron chi connectivity index (χ2n) is 3.60. The first-order valence-corrected chi connectivity index (χ1v) is 5.25. The van der Waals surface area contributed by atoms with Crippen LogP contribution in [0.2, 0.25) is 0 Å². The van der Waals surface area contributed by atoms with Gasteiger partial charge in [0.15, 0.2) is 0 Å². The Bertz CT molecular complexity index is 262. The van der Waals surface area contributed by atoms with Gasteiger partial charge >= 0.3 is 0 Å². The summed E-state index contributed by atoms with van der Waals surface area (Å²) in [5.41, 5.74) is 5.66. The molecule has 84 valence electrons. The van der Waals surface area contributed by atoms with Crippen molar-refractivity contribution in [1.29, 1.82) is 0 Å². The van der Waals surface area contributed by atoms with E-state index in [-0.39, 0.29) is 12.1 Å². The Morgan fingerprint density at radius 3 is 2.40 bits per heavy atom. The van der Waals surface area contributed by atoms with Crippen LogP contribution in [0.4, 0.5) is 0 Å². The van der Waals surface area contributed by atoms with Crippen LogP contribution in [-0.4, -0.2) is 25.4 Å². The maximum Gasteiger partial charge on any atom is 0.119 e. The van der Waals surface area contributed by atoms with E-state index in [0.717, 1.165) is 5.75 Å². The Morgan fingerprint density at radius 2 is 1.80 bits per heavy atom. The Morgan fingerprint density at radius 1 is 1.13 bits per heavy atom. The van der Waals surface area contributed by atoms with Crippen molar-refractivity contribution in [1.82, 2.24) is 0 Å². The van der Waals surface area contributed by atoms with E-state index in [0.29, 0.717) is 13.2 Å². The minimum absolute atomic E-state index is 0.0572. The van der Waals surface area contributed by atoms with Gasteiger partial charge in [0.25, 0.3) is 0 Å². The molecular weight excluding hydrogens is 190 g/mol. The molecule has 3 nitrogen and oxygen atoms in total. The van der Waals surface area contributed by atoms with Crippen molar-refractivity contribution >= 4 is 0 Å². The van der Waals surface area contributed by atoms with Crippen LogP contribution in [0.25, 0.3) is 0 Å². The second-order valence-corrected chi connectivity index (χ2v) is 3.60. The summed E-state index contributed by atoms with van der Waals surface area (Å²) in [4.78, 5) is 0. The average molecular weight is 209 g/mol. The van der Waals surface area contributed by atoms with Gasteiger partial charge in [0.05, 0.1) is 12.7 Å². The lowest BCUT2D eigenvalue weighted by Gasteiger charge is -2.16. The Labute approximate surface area is 91.2 Å². The fraction of sp³-hybridized carbons (Fsp3) is 0.500. The first kappa shape index (κ1) is 12.0. The van der Waals surface area contributed by atoms with Crippen molar-refractivity contribution in [2.75, 3.05) is 13.2 Å². The van der Waals surface area contributed by atoms with Gasteiger partial charge in [-0.3, -0.25) is 0 Å². The Hall–Kier alpha value is -1.06. The molecule has 0 aliphatic rings. The minimum atomic E-state index is 0.0572. The van der Waals surface area contributed by atoms with E-state index in [1.54, 1.807) is 0 Å². The van der Waals surface area contributed by atoms with Crippen LogP contribution in [0.5, 0.6) is 5.75 Å². The fourth-order valence-electron chi connectivity index (χ4n) is 1.06. The Kier molecular flexibility index (Phi) is 5.15. The van der Waals surface area contributed by atoms with Crippen LogP contribution in [0.15, 0.2) is 30.3 Å². The van der Waals surface area contributed by atoms with E-state index in [1.807, 2.05) is 44.2 Å². The molecule has 0 radical (unpaired) electrons. The number of hydrogen-bond donors (Lipinski definition) is 1. The smallest absolute Gasteiger partial charge is 0.119 e. The lowest BCUT2D eigenvalue weighted by atomic mass is 10.2. The van der Waals surface area contributed by atoms with Gasteiger partial charge in [-0.25, -0.2) is 0 Å². The molecule has 1 aromatic carbocycles. The van der Waals surface area contributed by atoms with Gasteiger partial charge in [-0.15, -0.1) is 0 Å². The number of hydrogen-bond acceptors (Lipinski definition) is 3. The van der Waals surface area contributed by atoms with Crippen molar-refractivity contribution < 1.29 is 9.47 Å². The van der Waals surface area contributed by atoms with Crippen LogP contribution in [0.1, 0.15) is 13.8 Å². The third-order valence-electron chi connectivity index (χ3n) is 2.22. The molecule has 2 atom stereocenters. The molecule has 1 aromatic rings. The van der Waals surface area contributed by atoms with E-state index < -0.39 is 0 Å². The summed E-state index contributed by atoms with van der Waals surface area (Å²) in [6.07, 6.45) is 0.0735. The summed E-state index contributed by atoms with van der Waals surface area (Å²) in [5.74, 6) is 0.870. The molecule has 3 heteroatoms. The molecular formula is C12H19NO2. The molecule has 0 aliphatic heterocycles. The number of ether oxygens (including phenoxy) is 2. The topological polar surface area (TPSA) is 44.5 Å². The van der Waals surface area contributed by atoms with E-state index >= 15 is 0 Å². The molecule has 0 aliphatic carbocycles. The summed E-state index contributed by atoms with van der Waals surface area (Å²) < 4.78 is 10.9. The van der Waals surface area contributed by atoms with Crippen molar-refractivity contribution in [2.24, 2.45) is 5.73 Å². The zero-order chi connectivity index (χ0) is 11.1. The zero-order valence-corrected chi connectivity index (χ0v) is 9.35. The molecule has 0 spiro atoms. The van der Waals surface area contributed by atoms with Crippen molar-refractivity contribution in [2.45, 2.75) is 26.0 Å². The van der Waals surface area contributed by atoms with Crippen molar-refractivity contribution in [3.63, 3.8) is 0 Å². The molecule has 2 N–H and O–H groups in total. The monoisotopic (exact) mass is 209 g/mol. The molecule has 2 unspecified atom stereocenters. The predicted octanol–water partition coefficient (Wildman–Crippen LogP) is 1.82. The first-order chi connectivity index (χ1) is 7.20. The zero-order valence-electron chi connectivity index (χ0n) is 9.35. The number of rotatable bonds is 6. The highest BCUT2D eigenvalue weighted by Gasteiger charge is 2.06. The van der Waals surface area contributed by atoms with E-state index in [9.17, 15) is 0 Å². The summed E-state index contributed by atoms with van der Waals surface area (Å²) >= 11 is 0. The fourth-order valence-corrected chi connectivity index (χ4v) is 1.06. The summed E-state index contributed by atoms with van der Waals surface area (Å²) in [6.45, 7) is 5.02. The van der Waals surface area contributed by atoms with Crippen LogP contribution < -0.4 is 10.5 Å². The number of nitrogens with two attached hydrogens (primary N) is 1. The maximum atomic E-state index is 5.66. The molecule has 15 heavy (non-hydrogen) atoms. The first-order valence-electron chi connectivity index (χ1n) is 5.25. The molecule has 0 bridgehead atoms. The van der Waals surface area contributed by atoms with Crippen LogP contribution in [0.3, 0.4) is 0 Å². The van der Waals surface area contributed by atoms with Gasteiger partial charge in [-0.1, -0.05) is 18.2 Å². The average Bonchev–Trinajstić information content (AvgIpc) is 2.25. The largest absolute Gasteiger partial charge is 0.491 e. The van der Waals surface area contributed by atoms with E-state index in [1.165, 1.54) is 0 Å². The third kappa shape index (κ3) is 4.81. The summed E-state index contributed by atoms with van der Waals surface area (Å²) in [6, 6.07) is 9.76. The van der Waals surface area contributed by atoms with Gasteiger partial charge < -0.3 is 15.2 Å².